The highest BCUT2D eigenvalue weighted by atomic mass is 32.2. The van der Waals surface area contributed by atoms with Gasteiger partial charge in [0.2, 0.25) is 15.9 Å². The fourth-order valence-corrected chi connectivity index (χ4v) is 5.13. The van der Waals surface area contributed by atoms with Crippen LogP contribution in [-0.2, 0) is 31.2 Å². The largest absolute Gasteiger partial charge is 0.341 e. The molecule has 0 bridgehead atoms. The highest BCUT2D eigenvalue weighted by molar-refractivity contribution is 7.91. The van der Waals surface area contributed by atoms with Crippen LogP contribution in [0.4, 0.5) is 0 Å². The fraction of sp³-hybridized carbons (Fsp3) is 0.533. The predicted octanol–water partition coefficient (Wildman–Crippen LogP) is 0.0937. The van der Waals surface area contributed by atoms with Crippen molar-refractivity contribution < 1.29 is 21.6 Å². The maximum absolute atomic E-state index is 12.4. The first kappa shape index (κ1) is 18.9. The van der Waals surface area contributed by atoms with Crippen molar-refractivity contribution in [2.75, 3.05) is 31.4 Å². The second-order valence-corrected chi connectivity index (χ2v) is 10.3. The topological polar surface area (TPSA) is 91.8 Å². The summed E-state index contributed by atoms with van der Waals surface area (Å²) >= 11 is 0. The van der Waals surface area contributed by atoms with Crippen LogP contribution < -0.4 is 0 Å². The van der Waals surface area contributed by atoms with Crippen molar-refractivity contribution in [3.63, 3.8) is 0 Å². The molecule has 0 aliphatic carbocycles. The number of carbonyl (C=O) groups is 1. The zero-order valence-electron chi connectivity index (χ0n) is 13.8. The van der Waals surface area contributed by atoms with E-state index in [4.69, 9.17) is 0 Å². The summed E-state index contributed by atoms with van der Waals surface area (Å²) in [6.07, 6.45) is 1.45. The van der Waals surface area contributed by atoms with Gasteiger partial charge >= 0.3 is 0 Å². The molecule has 7 nitrogen and oxygen atoms in total. The smallest absolute Gasteiger partial charge is 0.237 e. The van der Waals surface area contributed by atoms with Crippen molar-refractivity contribution in [1.29, 1.82) is 0 Å². The van der Waals surface area contributed by atoms with E-state index in [1.165, 1.54) is 11.9 Å². The standard InChI is InChI=1S/C15H22N2O5S2/c1-16(14-8-9-24(21,22)12-14)15(18)11-17(23(2,19)20)10-13-6-4-3-5-7-13/h3-7,14H,8-12H2,1-2H3. The number of hydrogen-bond acceptors (Lipinski definition) is 5. The molecule has 1 aromatic carbocycles. The monoisotopic (exact) mass is 374 g/mol. The van der Waals surface area contributed by atoms with E-state index in [2.05, 4.69) is 0 Å². The Morgan fingerprint density at radius 3 is 2.38 bits per heavy atom. The molecule has 1 atom stereocenters. The maximum Gasteiger partial charge on any atom is 0.237 e. The molecule has 134 valence electrons. The van der Waals surface area contributed by atoms with Gasteiger partial charge in [-0.1, -0.05) is 30.3 Å². The van der Waals surface area contributed by atoms with Crippen LogP contribution in [0.3, 0.4) is 0 Å². The SMILES string of the molecule is CN(C(=O)CN(Cc1ccccc1)S(C)(=O)=O)C1CCS(=O)(=O)C1. The number of sulfonamides is 1. The molecule has 1 aromatic rings. The van der Waals surface area contributed by atoms with Crippen LogP contribution in [0.15, 0.2) is 30.3 Å². The Kier molecular flexibility index (Phi) is 5.67. The second-order valence-electron chi connectivity index (χ2n) is 6.08. The molecule has 1 unspecified atom stereocenters. The Hall–Kier alpha value is -1.45. The minimum absolute atomic E-state index is 0.0627. The van der Waals surface area contributed by atoms with Crippen molar-refractivity contribution in [3.8, 4) is 0 Å². The first-order valence-electron chi connectivity index (χ1n) is 7.53. The molecule has 1 aliphatic heterocycles. The van der Waals surface area contributed by atoms with E-state index in [9.17, 15) is 21.6 Å². The number of likely N-dealkylation sites (N-methyl/N-ethyl adjacent to an activating group) is 1. The lowest BCUT2D eigenvalue weighted by Crippen LogP contribution is -2.45. The molecule has 24 heavy (non-hydrogen) atoms. The van der Waals surface area contributed by atoms with Gasteiger partial charge < -0.3 is 4.90 Å². The van der Waals surface area contributed by atoms with Gasteiger partial charge in [-0.25, -0.2) is 16.8 Å². The van der Waals surface area contributed by atoms with Gasteiger partial charge in [0, 0.05) is 19.6 Å². The molecule has 0 spiro atoms. The second kappa shape index (κ2) is 7.20. The van der Waals surface area contributed by atoms with Crippen LogP contribution in [0.1, 0.15) is 12.0 Å². The van der Waals surface area contributed by atoms with E-state index in [0.29, 0.717) is 6.42 Å². The lowest BCUT2D eigenvalue weighted by molar-refractivity contribution is -0.131. The van der Waals surface area contributed by atoms with E-state index < -0.39 is 25.8 Å². The summed E-state index contributed by atoms with van der Waals surface area (Å²) in [6, 6.07) is 8.61. The van der Waals surface area contributed by atoms with Gasteiger partial charge in [-0.05, 0) is 12.0 Å². The van der Waals surface area contributed by atoms with E-state index in [1.807, 2.05) is 6.07 Å². The normalized spacial score (nSPS) is 20.2. The average Bonchev–Trinajstić information content (AvgIpc) is 2.86. The lowest BCUT2D eigenvalue weighted by atomic mass is 10.2. The molecule has 0 saturated carbocycles. The van der Waals surface area contributed by atoms with Gasteiger partial charge in [0.1, 0.15) is 0 Å². The Labute approximate surface area is 143 Å². The van der Waals surface area contributed by atoms with E-state index in [1.54, 1.807) is 24.3 Å². The number of benzene rings is 1. The molecule has 9 heteroatoms. The van der Waals surface area contributed by atoms with E-state index in [-0.39, 0.29) is 30.6 Å². The highest BCUT2D eigenvalue weighted by Gasteiger charge is 2.33. The summed E-state index contributed by atoms with van der Waals surface area (Å²) in [5.74, 6) is -0.402. The Balaban J connectivity index is 2.07. The molecule has 1 fully saturated rings. The molecule has 0 N–H and O–H groups in total. The van der Waals surface area contributed by atoms with Crippen LogP contribution in [-0.4, -0.2) is 69.3 Å². The number of amides is 1. The van der Waals surface area contributed by atoms with E-state index in [0.717, 1.165) is 16.1 Å². The molecule has 1 heterocycles. The van der Waals surface area contributed by atoms with Gasteiger partial charge in [-0.3, -0.25) is 4.79 Å². The highest BCUT2D eigenvalue weighted by Crippen LogP contribution is 2.17. The molecule has 2 rings (SSSR count). The van der Waals surface area contributed by atoms with E-state index >= 15 is 0 Å². The first-order valence-corrected chi connectivity index (χ1v) is 11.2. The zero-order chi connectivity index (χ0) is 18.0. The van der Waals surface area contributed by atoms with Crippen molar-refractivity contribution in [3.05, 3.63) is 35.9 Å². The van der Waals surface area contributed by atoms with Crippen molar-refractivity contribution in [2.45, 2.75) is 19.0 Å². The number of nitrogens with zero attached hydrogens (tertiary/aromatic N) is 2. The minimum atomic E-state index is -3.57. The minimum Gasteiger partial charge on any atom is -0.341 e. The molecular formula is C15H22N2O5S2. The van der Waals surface area contributed by atoms with Crippen LogP contribution in [0.5, 0.6) is 0 Å². The summed E-state index contributed by atoms with van der Waals surface area (Å²) in [4.78, 5) is 13.8. The van der Waals surface area contributed by atoms with Crippen LogP contribution in [0.2, 0.25) is 0 Å². The van der Waals surface area contributed by atoms with Crippen molar-refractivity contribution in [1.82, 2.24) is 9.21 Å². The molecule has 0 radical (unpaired) electrons. The van der Waals surface area contributed by atoms with Gasteiger partial charge in [0.25, 0.3) is 0 Å². The van der Waals surface area contributed by atoms with Gasteiger partial charge in [0.05, 0.1) is 24.3 Å². The van der Waals surface area contributed by atoms with Crippen molar-refractivity contribution in [2.24, 2.45) is 0 Å². The molecule has 1 amide bonds. The van der Waals surface area contributed by atoms with Gasteiger partial charge in [0.15, 0.2) is 9.84 Å². The fourth-order valence-electron chi connectivity index (χ4n) is 2.62. The Bertz CT molecular complexity index is 790. The lowest BCUT2D eigenvalue weighted by Gasteiger charge is -2.27. The van der Waals surface area contributed by atoms with Crippen LogP contribution >= 0.6 is 0 Å². The summed E-state index contributed by atoms with van der Waals surface area (Å²) in [6.45, 7) is -0.205. The summed E-state index contributed by atoms with van der Waals surface area (Å²) in [7, 11) is -5.15. The summed E-state index contributed by atoms with van der Waals surface area (Å²) < 4.78 is 48.1. The average molecular weight is 374 g/mol. The third-order valence-corrected chi connectivity index (χ3v) is 7.08. The molecule has 1 saturated heterocycles. The van der Waals surface area contributed by atoms with Gasteiger partial charge in [-0.15, -0.1) is 0 Å². The van der Waals surface area contributed by atoms with Gasteiger partial charge in [-0.2, -0.15) is 4.31 Å². The third kappa shape index (κ3) is 5.02. The number of rotatable bonds is 6. The zero-order valence-corrected chi connectivity index (χ0v) is 15.4. The van der Waals surface area contributed by atoms with Crippen LogP contribution in [0, 0.1) is 0 Å². The summed E-state index contributed by atoms with van der Waals surface area (Å²) in [5.41, 5.74) is 0.779. The number of sulfone groups is 1. The molecule has 1 aliphatic rings. The number of carbonyl (C=O) groups excluding carboxylic acids is 1. The predicted molar refractivity (Wildman–Crippen MR) is 91.5 cm³/mol. The number of hydrogen-bond donors (Lipinski definition) is 0. The van der Waals surface area contributed by atoms with Crippen molar-refractivity contribution >= 4 is 25.8 Å². The molecular weight excluding hydrogens is 352 g/mol. The third-order valence-electron chi connectivity index (χ3n) is 4.13. The quantitative estimate of drug-likeness (QED) is 0.704. The summed E-state index contributed by atoms with van der Waals surface area (Å²) in [5, 5.41) is 0. The Morgan fingerprint density at radius 2 is 1.88 bits per heavy atom. The van der Waals surface area contributed by atoms with Crippen LogP contribution in [0.25, 0.3) is 0 Å². The molecule has 0 aromatic heterocycles. The Morgan fingerprint density at radius 1 is 1.25 bits per heavy atom. The maximum atomic E-state index is 12.4. The first-order chi connectivity index (χ1) is 11.1.